The third-order valence-corrected chi connectivity index (χ3v) is 3.78. The number of esters is 1. The van der Waals surface area contributed by atoms with Gasteiger partial charge in [-0.1, -0.05) is 19.1 Å². The monoisotopic (exact) mass is 275 g/mol. The lowest BCUT2D eigenvalue weighted by Gasteiger charge is -2.32. The lowest BCUT2D eigenvalue weighted by atomic mass is 9.90. The zero-order valence-corrected chi connectivity index (χ0v) is 12.3. The van der Waals surface area contributed by atoms with E-state index in [1.54, 1.807) is 13.0 Å². The number of hydrogen-bond donors (Lipinski definition) is 0. The van der Waals surface area contributed by atoms with Gasteiger partial charge in [0.15, 0.2) is 5.78 Å². The average molecular weight is 275 g/mol. The summed E-state index contributed by atoms with van der Waals surface area (Å²) in [6, 6.07) is 0. The third kappa shape index (κ3) is 2.69. The Hall–Kier alpha value is -1.84. The third-order valence-electron chi connectivity index (χ3n) is 3.78. The zero-order chi connectivity index (χ0) is 14.7. The summed E-state index contributed by atoms with van der Waals surface area (Å²) in [6.07, 6.45) is 7.79. The molecule has 2 unspecified atom stereocenters. The fraction of sp³-hybridized carbons (Fsp3) is 0.500. The molecule has 4 heteroatoms. The van der Waals surface area contributed by atoms with Crippen LogP contribution in [-0.2, 0) is 14.3 Å². The number of ether oxygens (including phenoxy) is 1. The van der Waals surface area contributed by atoms with Crippen LogP contribution in [0.5, 0.6) is 0 Å². The van der Waals surface area contributed by atoms with Crippen LogP contribution in [0.25, 0.3) is 0 Å². The number of ketones is 1. The van der Waals surface area contributed by atoms with Crippen LogP contribution < -0.4 is 0 Å². The van der Waals surface area contributed by atoms with Gasteiger partial charge in [0, 0.05) is 31.1 Å². The maximum absolute atomic E-state index is 11.9. The van der Waals surface area contributed by atoms with Crippen LogP contribution in [0.2, 0.25) is 0 Å². The normalized spacial score (nSPS) is 24.4. The second kappa shape index (κ2) is 6.07. The van der Waals surface area contributed by atoms with E-state index < -0.39 is 5.97 Å². The molecule has 0 bridgehead atoms. The molecule has 1 aliphatic carbocycles. The van der Waals surface area contributed by atoms with Crippen LogP contribution in [0.1, 0.15) is 27.2 Å². The van der Waals surface area contributed by atoms with Crippen LogP contribution in [0.15, 0.2) is 35.6 Å². The SMILES string of the molecule is CCC(=O)C1=CC2C=CC(N(CC)CC)=CC2OC1=O. The lowest BCUT2D eigenvalue weighted by Crippen LogP contribution is -2.35. The topological polar surface area (TPSA) is 46.6 Å². The molecule has 0 saturated heterocycles. The quantitative estimate of drug-likeness (QED) is 0.570. The molecule has 0 amide bonds. The number of allylic oxidation sites excluding steroid dienone is 1. The van der Waals surface area contributed by atoms with E-state index in [1.807, 2.05) is 18.2 Å². The van der Waals surface area contributed by atoms with Gasteiger partial charge in [0.1, 0.15) is 6.10 Å². The second-order valence-electron chi connectivity index (χ2n) is 4.93. The number of likely N-dealkylation sites (N-methyl/N-ethyl adjacent to an activating group) is 1. The molecule has 0 N–H and O–H groups in total. The van der Waals surface area contributed by atoms with E-state index in [9.17, 15) is 9.59 Å². The van der Waals surface area contributed by atoms with Gasteiger partial charge >= 0.3 is 5.97 Å². The van der Waals surface area contributed by atoms with Crippen LogP contribution in [0, 0.1) is 5.92 Å². The van der Waals surface area contributed by atoms with Gasteiger partial charge in [-0.15, -0.1) is 0 Å². The van der Waals surface area contributed by atoms with Gasteiger partial charge in [-0.05, 0) is 26.0 Å². The summed E-state index contributed by atoms with van der Waals surface area (Å²) in [5.74, 6) is -0.679. The molecule has 108 valence electrons. The summed E-state index contributed by atoms with van der Waals surface area (Å²) in [7, 11) is 0. The van der Waals surface area contributed by atoms with Crippen molar-refractivity contribution in [1.29, 1.82) is 0 Å². The van der Waals surface area contributed by atoms with E-state index in [1.165, 1.54) is 0 Å². The molecule has 20 heavy (non-hydrogen) atoms. The first kappa shape index (κ1) is 14.6. The minimum atomic E-state index is -0.497. The van der Waals surface area contributed by atoms with E-state index >= 15 is 0 Å². The van der Waals surface area contributed by atoms with Gasteiger partial charge in [-0.3, -0.25) is 4.79 Å². The highest BCUT2D eigenvalue weighted by atomic mass is 16.5. The Bertz CT molecular complexity index is 498. The van der Waals surface area contributed by atoms with Crippen molar-refractivity contribution in [2.24, 2.45) is 5.92 Å². The largest absolute Gasteiger partial charge is 0.453 e. The molecular weight excluding hydrogens is 254 g/mol. The van der Waals surface area contributed by atoms with Crippen molar-refractivity contribution >= 4 is 11.8 Å². The van der Waals surface area contributed by atoms with E-state index in [0.717, 1.165) is 18.8 Å². The predicted molar refractivity (Wildman–Crippen MR) is 76.9 cm³/mol. The van der Waals surface area contributed by atoms with Gasteiger partial charge in [-0.25, -0.2) is 4.79 Å². The smallest absolute Gasteiger partial charge is 0.342 e. The first-order valence-corrected chi connectivity index (χ1v) is 7.21. The lowest BCUT2D eigenvalue weighted by molar-refractivity contribution is -0.146. The molecule has 0 fully saturated rings. The summed E-state index contributed by atoms with van der Waals surface area (Å²) < 4.78 is 5.41. The Morgan fingerprint density at radius 1 is 1.25 bits per heavy atom. The Labute approximate surface area is 119 Å². The Morgan fingerprint density at radius 2 is 1.95 bits per heavy atom. The van der Waals surface area contributed by atoms with Crippen LogP contribution in [0.3, 0.4) is 0 Å². The number of carbonyl (C=O) groups excluding carboxylic acids is 2. The molecule has 4 nitrogen and oxygen atoms in total. The summed E-state index contributed by atoms with van der Waals surface area (Å²) in [6.45, 7) is 7.75. The number of nitrogens with zero attached hydrogens (tertiary/aromatic N) is 1. The van der Waals surface area contributed by atoms with E-state index in [0.29, 0.717) is 6.42 Å². The average Bonchev–Trinajstić information content (AvgIpc) is 2.47. The van der Waals surface area contributed by atoms with E-state index in [2.05, 4.69) is 18.7 Å². The Kier molecular flexibility index (Phi) is 4.42. The zero-order valence-electron chi connectivity index (χ0n) is 12.3. The van der Waals surface area contributed by atoms with E-state index in [-0.39, 0.29) is 23.4 Å². The number of Topliss-reactive ketones (excluding diaryl/α,β-unsaturated/α-hetero) is 1. The molecule has 2 rings (SSSR count). The van der Waals surface area contributed by atoms with Crippen molar-refractivity contribution in [2.45, 2.75) is 33.3 Å². The highest BCUT2D eigenvalue weighted by Crippen LogP contribution is 2.29. The highest BCUT2D eigenvalue weighted by Gasteiger charge is 2.33. The molecule has 0 saturated carbocycles. The summed E-state index contributed by atoms with van der Waals surface area (Å²) in [5, 5.41) is 0. The highest BCUT2D eigenvalue weighted by molar-refractivity contribution is 6.17. The number of carbonyl (C=O) groups is 2. The fourth-order valence-electron chi connectivity index (χ4n) is 2.56. The minimum Gasteiger partial charge on any atom is -0.453 e. The van der Waals surface area contributed by atoms with Gasteiger partial charge in [0.05, 0.1) is 5.57 Å². The maximum Gasteiger partial charge on any atom is 0.342 e. The van der Waals surface area contributed by atoms with Crippen LogP contribution in [-0.4, -0.2) is 35.8 Å². The molecule has 1 heterocycles. The van der Waals surface area contributed by atoms with Gasteiger partial charge in [-0.2, -0.15) is 0 Å². The first-order valence-electron chi connectivity index (χ1n) is 7.21. The van der Waals surface area contributed by atoms with Crippen molar-refractivity contribution in [3.63, 3.8) is 0 Å². The Morgan fingerprint density at radius 3 is 2.55 bits per heavy atom. The van der Waals surface area contributed by atoms with E-state index in [4.69, 9.17) is 4.74 Å². The second-order valence-corrected chi connectivity index (χ2v) is 4.93. The molecule has 2 aliphatic rings. The summed E-state index contributed by atoms with van der Waals surface area (Å²) >= 11 is 0. The molecule has 2 atom stereocenters. The minimum absolute atomic E-state index is 0.0301. The predicted octanol–water partition coefficient (Wildman–Crippen LogP) is 2.23. The first-order chi connectivity index (χ1) is 9.60. The van der Waals surface area contributed by atoms with Crippen molar-refractivity contribution in [1.82, 2.24) is 4.90 Å². The summed E-state index contributed by atoms with van der Waals surface area (Å²) in [5.41, 5.74) is 1.26. The number of fused-ring (bicyclic) bond motifs is 1. The van der Waals surface area contributed by atoms with Crippen molar-refractivity contribution < 1.29 is 14.3 Å². The van der Waals surface area contributed by atoms with Gasteiger partial charge < -0.3 is 9.64 Å². The molecule has 0 spiro atoms. The Balaban J connectivity index is 2.23. The maximum atomic E-state index is 11.9. The number of rotatable bonds is 5. The van der Waals surface area contributed by atoms with Crippen molar-refractivity contribution in [3.8, 4) is 0 Å². The molecular formula is C16H21NO3. The van der Waals surface area contributed by atoms with Crippen LogP contribution in [0.4, 0.5) is 0 Å². The molecule has 1 aliphatic heterocycles. The van der Waals surface area contributed by atoms with Gasteiger partial charge in [0.25, 0.3) is 0 Å². The van der Waals surface area contributed by atoms with Crippen molar-refractivity contribution in [2.75, 3.05) is 13.1 Å². The molecule has 0 aromatic heterocycles. The van der Waals surface area contributed by atoms with Crippen molar-refractivity contribution in [3.05, 3.63) is 35.6 Å². The molecule has 0 radical (unpaired) electrons. The fourth-order valence-corrected chi connectivity index (χ4v) is 2.56. The molecule has 0 aromatic rings. The summed E-state index contributed by atoms with van der Waals surface area (Å²) in [4.78, 5) is 25.8. The molecule has 0 aromatic carbocycles. The standard InChI is InChI=1S/C16H21NO3/c1-4-14(18)13-9-11-7-8-12(17(5-2)6-3)10-15(11)20-16(13)19/h7-11,15H,4-6H2,1-3H3. The van der Waals surface area contributed by atoms with Crippen LogP contribution >= 0.6 is 0 Å². The van der Waals surface area contributed by atoms with Gasteiger partial charge in [0.2, 0.25) is 0 Å². The number of hydrogen-bond acceptors (Lipinski definition) is 4.